The second-order valence-electron chi connectivity index (χ2n) is 3.96. The zero-order chi connectivity index (χ0) is 10.2. The molecular weight excluding hydrogens is 182 g/mol. The van der Waals surface area contributed by atoms with Crippen LogP contribution in [0.5, 0.6) is 0 Å². The summed E-state index contributed by atoms with van der Waals surface area (Å²) in [6.45, 7) is 1.94. The Bertz CT molecular complexity index is 382. The molecule has 2 heteroatoms. The molecule has 0 bridgehead atoms. The van der Waals surface area contributed by atoms with Crippen molar-refractivity contribution in [3.63, 3.8) is 0 Å². The van der Waals surface area contributed by atoms with Gasteiger partial charge in [-0.25, -0.2) is 8.78 Å². The summed E-state index contributed by atoms with van der Waals surface area (Å²) < 4.78 is 26.5. The molecule has 1 aliphatic carbocycles. The van der Waals surface area contributed by atoms with Crippen molar-refractivity contribution in [3.05, 3.63) is 47.5 Å². The largest absolute Gasteiger partial charge is 0.204 e. The molecule has 0 spiro atoms. The highest BCUT2D eigenvalue weighted by Gasteiger charge is 2.29. The number of hydrogen-bond donors (Lipinski definition) is 0. The lowest BCUT2D eigenvalue weighted by atomic mass is 9.82. The molecule has 0 aromatic heterocycles. The summed E-state index contributed by atoms with van der Waals surface area (Å²) in [7, 11) is 0. The Kier molecular flexibility index (Phi) is 2.14. The molecule has 0 radical (unpaired) electrons. The molecule has 0 amide bonds. The summed E-state index contributed by atoms with van der Waals surface area (Å²) in [5, 5.41) is 0. The van der Waals surface area contributed by atoms with Crippen molar-refractivity contribution in [1.82, 2.24) is 0 Å². The predicted octanol–water partition coefficient (Wildman–Crippen LogP) is 3.57. The Balaban J connectivity index is 2.51. The SMILES string of the molecule is C[C@]1(c2cccc(F)c2F)C=CCC1. The van der Waals surface area contributed by atoms with Crippen molar-refractivity contribution in [3.8, 4) is 0 Å². The van der Waals surface area contributed by atoms with Gasteiger partial charge in [0.05, 0.1) is 0 Å². The summed E-state index contributed by atoms with van der Waals surface area (Å²) >= 11 is 0. The van der Waals surface area contributed by atoms with E-state index in [0.29, 0.717) is 5.56 Å². The molecule has 1 aliphatic rings. The van der Waals surface area contributed by atoms with Gasteiger partial charge in [0.1, 0.15) is 0 Å². The first-order valence-electron chi connectivity index (χ1n) is 4.76. The normalized spacial score (nSPS) is 25.6. The van der Waals surface area contributed by atoms with Gasteiger partial charge in [0.2, 0.25) is 0 Å². The maximum absolute atomic E-state index is 13.5. The maximum atomic E-state index is 13.5. The molecule has 14 heavy (non-hydrogen) atoms. The van der Waals surface area contributed by atoms with E-state index in [1.54, 1.807) is 12.1 Å². The highest BCUT2D eigenvalue weighted by atomic mass is 19.2. The zero-order valence-corrected chi connectivity index (χ0v) is 8.06. The Morgan fingerprint density at radius 3 is 2.71 bits per heavy atom. The van der Waals surface area contributed by atoms with Gasteiger partial charge < -0.3 is 0 Å². The van der Waals surface area contributed by atoms with Gasteiger partial charge >= 0.3 is 0 Å². The Labute approximate surface area is 82.3 Å². The van der Waals surface area contributed by atoms with E-state index in [-0.39, 0.29) is 5.41 Å². The molecule has 0 fully saturated rings. The fraction of sp³-hybridized carbons (Fsp3) is 0.333. The first-order chi connectivity index (χ1) is 6.63. The number of hydrogen-bond acceptors (Lipinski definition) is 0. The van der Waals surface area contributed by atoms with Gasteiger partial charge in [-0.05, 0) is 18.9 Å². The van der Waals surface area contributed by atoms with E-state index in [1.807, 2.05) is 19.1 Å². The summed E-state index contributed by atoms with van der Waals surface area (Å²) in [5.74, 6) is -1.47. The van der Waals surface area contributed by atoms with Crippen LogP contribution in [0.1, 0.15) is 25.3 Å². The van der Waals surface area contributed by atoms with Crippen molar-refractivity contribution < 1.29 is 8.78 Å². The smallest absolute Gasteiger partial charge is 0.162 e. The molecule has 0 N–H and O–H groups in total. The van der Waals surface area contributed by atoms with Crippen molar-refractivity contribution in [2.45, 2.75) is 25.2 Å². The van der Waals surface area contributed by atoms with Gasteiger partial charge in [-0.3, -0.25) is 0 Å². The van der Waals surface area contributed by atoms with Crippen LogP contribution in [0.4, 0.5) is 8.78 Å². The molecule has 0 saturated carbocycles. The minimum absolute atomic E-state index is 0.327. The van der Waals surface area contributed by atoms with E-state index in [4.69, 9.17) is 0 Å². The van der Waals surface area contributed by atoms with Crippen molar-refractivity contribution in [2.75, 3.05) is 0 Å². The van der Waals surface area contributed by atoms with Crippen LogP contribution in [0.15, 0.2) is 30.4 Å². The second kappa shape index (κ2) is 3.19. The molecule has 1 aromatic carbocycles. The van der Waals surface area contributed by atoms with E-state index in [0.717, 1.165) is 18.9 Å². The minimum Gasteiger partial charge on any atom is -0.204 e. The zero-order valence-electron chi connectivity index (χ0n) is 8.06. The van der Waals surface area contributed by atoms with Gasteiger partial charge in [-0.15, -0.1) is 0 Å². The van der Waals surface area contributed by atoms with Crippen LogP contribution < -0.4 is 0 Å². The van der Waals surface area contributed by atoms with Gasteiger partial charge in [-0.1, -0.05) is 31.2 Å². The first kappa shape index (κ1) is 9.38. The summed E-state index contributed by atoms with van der Waals surface area (Å²) in [6.07, 6.45) is 5.77. The highest BCUT2D eigenvalue weighted by Crippen LogP contribution is 2.37. The van der Waals surface area contributed by atoms with Crippen LogP contribution in [0.2, 0.25) is 0 Å². The molecule has 1 atom stereocenters. The van der Waals surface area contributed by atoms with Crippen LogP contribution in [0.25, 0.3) is 0 Å². The summed E-state index contributed by atoms with van der Waals surface area (Å²) in [6, 6.07) is 4.38. The third-order valence-electron chi connectivity index (χ3n) is 2.88. The van der Waals surface area contributed by atoms with Crippen molar-refractivity contribution in [1.29, 1.82) is 0 Å². The maximum Gasteiger partial charge on any atom is 0.162 e. The summed E-state index contributed by atoms with van der Waals surface area (Å²) in [5.41, 5.74) is 0.137. The fourth-order valence-corrected chi connectivity index (χ4v) is 1.98. The second-order valence-corrected chi connectivity index (χ2v) is 3.96. The lowest BCUT2D eigenvalue weighted by Gasteiger charge is -2.22. The van der Waals surface area contributed by atoms with Gasteiger partial charge in [0, 0.05) is 11.0 Å². The van der Waals surface area contributed by atoms with Gasteiger partial charge in [-0.2, -0.15) is 0 Å². The van der Waals surface area contributed by atoms with E-state index >= 15 is 0 Å². The number of rotatable bonds is 1. The van der Waals surface area contributed by atoms with E-state index in [9.17, 15) is 8.78 Å². The van der Waals surface area contributed by atoms with E-state index in [1.165, 1.54) is 0 Å². The molecule has 2 rings (SSSR count). The number of benzene rings is 1. The molecule has 0 heterocycles. The third kappa shape index (κ3) is 1.35. The van der Waals surface area contributed by atoms with Crippen LogP contribution in [0.3, 0.4) is 0 Å². The molecule has 0 nitrogen and oxygen atoms in total. The molecule has 0 unspecified atom stereocenters. The molecule has 1 aromatic rings. The van der Waals surface area contributed by atoms with Crippen molar-refractivity contribution in [2.24, 2.45) is 0 Å². The third-order valence-corrected chi connectivity index (χ3v) is 2.88. The molecule has 0 saturated heterocycles. The Hall–Kier alpha value is -1.18. The quantitative estimate of drug-likeness (QED) is 0.599. The average Bonchev–Trinajstić information content (AvgIpc) is 2.58. The lowest BCUT2D eigenvalue weighted by molar-refractivity contribution is 0.465. The van der Waals surface area contributed by atoms with Gasteiger partial charge in [0.25, 0.3) is 0 Å². The highest BCUT2D eigenvalue weighted by molar-refractivity contribution is 5.34. The first-order valence-corrected chi connectivity index (χ1v) is 4.76. The Morgan fingerprint density at radius 2 is 2.07 bits per heavy atom. The number of halogens is 2. The van der Waals surface area contributed by atoms with Crippen LogP contribution >= 0.6 is 0 Å². The molecule has 74 valence electrons. The van der Waals surface area contributed by atoms with Crippen LogP contribution in [0, 0.1) is 11.6 Å². The fourth-order valence-electron chi connectivity index (χ4n) is 1.98. The topological polar surface area (TPSA) is 0 Å². The van der Waals surface area contributed by atoms with Crippen LogP contribution in [-0.4, -0.2) is 0 Å². The standard InChI is InChI=1S/C12H12F2/c1-12(7-2-3-8-12)9-5-4-6-10(13)11(9)14/h2,4-7H,3,8H2,1H3/t12-/m0/s1. The Morgan fingerprint density at radius 1 is 1.29 bits per heavy atom. The molecular formula is C12H12F2. The van der Waals surface area contributed by atoms with E-state index < -0.39 is 11.6 Å². The monoisotopic (exact) mass is 194 g/mol. The summed E-state index contributed by atoms with van der Waals surface area (Å²) in [4.78, 5) is 0. The van der Waals surface area contributed by atoms with Crippen LogP contribution in [-0.2, 0) is 5.41 Å². The minimum atomic E-state index is -0.760. The van der Waals surface area contributed by atoms with Gasteiger partial charge in [0.15, 0.2) is 11.6 Å². The number of allylic oxidation sites excluding steroid dienone is 2. The van der Waals surface area contributed by atoms with E-state index in [2.05, 4.69) is 0 Å². The molecule has 0 aliphatic heterocycles. The predicted molar refractivity (Wildman–Crippen MR) is 52.1 cm³/mol. The van der Waals surface area contributed by atoms with Crippen molar-refractivity contribution >= 4 is 0 Å². The average molecular weight is 194 g/mol. The lowest BCUT2D eigenvalue weighted by Crippen LogP contribution is -2.18.